The number of benzene rings is 2. The van der Waals surface area contributed by atoms with E-state index in [2.05, 4.69) is 15.5 Å². The molecule has 5 rings (SSSR count). The summed E-state index contributed by atoms with van der Waals surface area (Å²) in [5, 5.41) is 8.73. The Hall–Kier alpha value is -3.39. The first kappa shape index (κ1) is 19.6. The van der Waals surface area contributed by atoms with Crippen LogP contribution in [0.1, 0.15) is 29.1 Å². The smallest absolute Gasteiger partial charge is 0.252 e. The maximum absolute atomic E-state index is 12.8. The van der Waals surface area contributed by atoms with Gasteiger partial charge in [-0.15, -0.1) is 0 Å². The molecule has 2 aromatic carbocycles. The molecule has 8 heteroatoms. The van der Waals surface area contributed by atoms with Crippen LogP contribution in [0.5, 0.6) is 5.75 Å². The fourth-order valence-electron chi connectivity index (χ4n) is 3.29. The molecule has 1 saturated carbocycles. The third kappa shape index (κ3) is 4.25. The van der Waals surface area contributed by atoms with E-state index in [9.17, 15) is 4.79 Å². The van der Waals surface area contributed by atoms with Gasteiger partial charge in [0.05, 0.1) is 34.5 Å². The van der Waals surface area contributed by atoms with Crippen molar-refractivity contribution in [3.05, 3.63) is 66.1 Å². The van der Waals surface area contributed by atoms with Gasteiger partial charge in [0.25, 0.3) is 5.91 Å². The van der Waals surface area contributed by atoms with E-state index in [4.69, 9.17) is 14.2 Å². The molecule has 1 aliphatic rings. The minimum absolute atomic E-state index is 0.0563. The highest BCUT2D eigenvalue weighted by Crippen LogP contribution is 2.30. The van der Waals surface area contributed by atoms with Crippen LogP contribution in [0.3, 0.4) is 0 Å². The van der Waals surface area contributed by atoms with Crippen molar-refractivity contribution >= 4 is 28.6 Å². The van der Waals surface area contributed by atoms with Crippen LogP contribution < -0.4 is 10.1 Å². The van der Waals surface area contributed by atoms with E-state index in [0.717, 1.165) is 34.3 Å². The summed E-state index contributed by atoms with van der Waals surface area (Å²) in [6.45, 7) is 0. The van der Waals surface area contributed by atoms with Gasteiger partial charge in [-0.3, -0.25) is 4.79 Å². The van der Waals surface area contributed by atoms with Gasteiger partial charge in [-0.1, -0.05) is 47.3 Å². The highest BCUT2D eigenvalue weighted by molar-refractivity contribution is 7.98. The SMILES string of the molecule is COc1ccccc1-c1noc(CSc2cc(C(=O)NC3CC3)c3ccccc3n2)n1. The summed E-state index contributed by atoms with van der Waals surface area (Å²) < 4.78 is 10.8. The molecule has 2 heterocycles. The van der Waals surface area contributed by atoms with Crippen LogP contribution in [-0.2, 0) is 5.75 Å². The van der Waals surface area contributed by atoms with Gasteiger partial charge in [0.1, 0.15) is 5.75 Å². The topological polar surface area (TPSA) is 90.1 Å². The number of hydrogen-bond donors (Lipinski definition) is 1. The number of para-hydroxylation sites is 2. The fourth-order valence-corrected chi connectivity index (χ4v) is 4.04. The molecule has 0 spiro atoms. The maximum Gasteiger partial charge on any atom is 0.252 e. The summed E-state index contributed by atoms with van der Waals surface area (Å²) in [5.41, 5.74) is 2.20. The number of nitrogens with zero attached hydrogens (tertiary/aromatic N) is 3. The molecule has 2 aromatic heterocycles. The number of hydrogen-bond acceptors (Lipinski definition) is 7. The number of carbonyl (C=O) groups excluding carboxylic acids is 1. The Balaban J connectivity index is 1.37. The fraction of sp³-hybridized carbons (Fsp3) is 0.217. The summed E-state index contributed by atoms with van der Waals surface area (Å²) in [4.78, 5) is 21.9. The van der Waals surface area contributed by atoms with Crippen molar-refractivity contribution in [1.82, 2.24) is 20.4 Å². The van der Waals surface area contributed by atoms with Crippen LogP contribution in [0.25, 0.3) is 22.3 Å². The molecular weight excluding hydrogens is 412 g/mol. The molecule has 0 bridgehead atoms. The van der Waals surface area contributed by atoms with Crippen molar-refractivity contribution in [2.75, 3.05) is 7.11 Å². The zero-order valence-electron chi connectivity index (χ0n) is 16.9. The Morgan fingerprint density at radius 1 is 1.16 bits per heavy atom. The number of thioether (sulfide) groups is 1. The van der Waals surface area contributed by atoms with Gasteiger partial charge in [0.15, 0.2) is 0 Å². The molecule has 1 aliphatic carbocycles. The molecule has 4 aromatic rings. The zero-order valence-corrected chi connectivity index (χ0v) is 17.7. The number of methoxy groups -OCH3 is 1. The molecule has 1 amide bonds. The highest BCUT2D eigenvalue weighted by atomic mass is 32.2. The molecule has 0 saturated heterocycles. The maximum atomic E-state index is 12.8. The molecule has 0 radical (unpaired) electrons. The lowest BCUT2D eigenvalue weighted by molar-refractivity contribution is 0.0952. The Morgan fingerprint density at radius 3 is 2.81 bits per heavy atom. The zero-order chi connectivity index (χ0) is 21.2. The third-order valence-electron chi connectivity index (χ3n) is 5.01. The molecule has 7 nitrogen and oxygen atoms in total. The van der Waals surface area contributed by atoms with E-state index < -0.39 is 0 Å². The lowest BCUT2D eigenvalue weighted by Gasteiger charge is -2.09. The number of pyridine rings is 1. The Bertz CT molecular complexity index is 1250. The first-order valence-electron chi connectivity index (χ1n) is 10.0. The average Bonchev–Trinajstić information content (AvgIpc) is 3.50. The van der Waals surface area contributed by atoms with E-state index >= 15 is 0 Å². The number of nitrogens with one attached hydrogen (secondary N) is 1. The summed E-state index contributed by atoms with van der Waals surface area (Å²) in [7, 11) is 1.61. The minimum atomic E-state index is -0.0563. The van der Waals surface area contributed by atoms with Gasteiger partial charge in [0.2, 0.25) is 11.7 Å². The average molecular weight is 433 g/mol. The standard InChI is InChI=1S/C23H20N4O3S/c1-29-19-9-5-3-7-16(19)22-26-20(30-27-22)13-31-21-12-17(23(28)24-14-10-11-14)15-6-2-4-8-18(15)25-21/h2-9,12,14H,10-11,13H2,1H3,(H,24,28). The molecule has 31 heavy (non-hydrogen) atoms. The van der Waals surface area contributed by atoms with E-state index in [-0.39, 0.29) is 5.91 Å². The Labute approximate surface area is 183 Å². The molecule has 1 fully saturated rings. The largest absolute Gasteiger partial charge is 0.496 e. The van der Waals surface area contributed by atoms with Crippen LogP contribution in [0.4, 0.5) is 0 Å². The highest BCUT2D eigenvalue weighted by Gasteiger charge is 2.25. The van der Waals surface area contributed by atoms with E-state index in [1.807, 2.05) is 54.6 Å². The summed E-state index contributed by atoms with van der Waals surface area (Å²) in [5.74, 6) is 2.02. The number of fused-ring (bicyclic) bond motifs is 1. The van der Waals surface area contributed by atoms with Crippen molar-refractivity contribution in [3.63, 3.8) is 0 Å². The van der Waals surface area contributed by atoms with Gasteiger partial charge < -0.3 is 14.6 Å². The number of rotatable bonds is 7. The van der Waals surface area contributed by atoms with Crippen LogP contribution in [-0.4, -0.2) is 34.2 Å². The van der Waals surface area contributed by atoms with Crippen molar-refractivity contribution in [2.24, 2.45) is 0 Å². The molecule has 0 aliphatic heterocycles. The normalized spacial score (nSPS) is 13.3. The second kappa shape index (κ2) is 8.39. The van der Waals surface area contributed by atoms with E-state index in [1.165, 1.54) is 11.8 Å². The van der Waals surface area contributed by atoms with E-state index in [0.29, 0.717) is 34.8 Å². The predicted molar refractivity (Wildman–Crippen MR) is 118 cm³/mol. The Morgan fingerprint density at radius 2 is 1.97 bits per heavy atom. The molecule has 1 N–H and O–H groups in total. The minimum Gasteiger partial charge on any atom is -0.496 e. The van der Waals surface area contributed by atoms with Gasteiger partial charge >= 0.3 is 0 Å². The van der Waals surface area contributed by atoms with Gasteiger partial charge in [-0.25, -0.2) is 4.98 Å². The van der Waals surface area contributed by atoms with Crippen LogP contribution in [0.15, 0.2) is 64.1 Å². The lowest BCUT2D eigenvalue weighted by atomic mass is 10.1. The van der Waals surface area contributed by atoms with Crippen LogP contribution in [0.2, 0.25) is 0 Å². The summed E-state index contributed by atoms with van der Waals surface area (Å²) in [6.07, 6.45) is 2.09. The molecule has 156 valence electrons. The van der Waals surface area contributed by atoms with Gasteiger partial charge in [0, 0.05) is 11.4 Å². The second-order valence-electron chi connectivity index (χ2n) is 7.27. The van der Waals surface area contributed by atoms with Gasteiger partial charge in [-0.05, 0) is 37.1 Å². The molecule has 0 atom stereocenters. The number of aromatic nitrogens is 3. The number of ether oxygens (including phenoxy) is 1. The third-order valence-corrected chi connectivity index (χ3v) is 5.91. The van der Waals surface area contributed by atoms with Crippen molar-refractivity contribution in [2.45, 2.75) is 29.7 Å². The molecule has 0 unspecified atom stereocenters. The van der Waals surface area contributed by atoms with E-state index in [1.54, 1.807) is 7.11 Å². The summed E-state index contributed by atoms with van der Waals surface area (Å²) >= 11 is 1.45. The lowest BCUT2D eigenvalue weighted by Crippen LogP contribution is -2.25. The quantitative estimate of drug-likeness (QED) is 0.431. The second-order valence-corrected chi connectivity index (χ2v) is 8.27. The van der Waals surface area contributed by atoms with Crippen molar-refractivity contribution in [3.8, 4) is 17.1 Å². The van der Waals surface area contributed by atoms with Crippen molar-refractivity contribution in [1.29, 1.82) is 0 Å². The molecular formula is C23H20N4O3S. The van der Waals surface area contributed by atoms with Gasteiger partial charge in [-0.2, -0.15) is 4.98 Å². The van der Waals surface area contributed by atoms with Crippen molar-refractivity contribution < 1.29 is 14.1 Å². The summed E-state index contributed by atoms with van der Waals surface area (Å²) in [6, 6.07) is 17.3. The first-order valence-corrected chi connectivity index (χ1v) is 11.0. The number of amides is 1. The first-order chi connectivity index (χ1) is 15.2. The van der Waals surface area contributed by atoms with Crippen LogP contribution in [0, 0.1) is 0 Å². The predicted octanol–water partition coefficient (Wildman–Crippen LogP) is 4.48. The number of carbonyl (C=O) groups is 1. The monoisotopic (exact) mass is 432 g/mol. The van der Waals surface area contributed by atoms with Crippen LogP contribution >= 0.6 is 11.8 Å². The Kier molecular flexibility index (Phi) is 5.30.